The van der Waals surface area contributed by atoms with E-state index in [0.29, 0.717) is 20.9 Å². The third-order valence-electron chi connectivity index (χ3n) is 3.16. The number of hydrogen-bond acceptors (Lipinski definition) is 3. The number of nitrogens with two attached hydrogens (primary N) is 1. The molecule has 0 atom stereocenters. The van der Waals surface area contributed by atoms with Crippen LogP contribution in [0.15, 0.2) is 39.7 Å². The van der Waals surface area contributed by atoms with Crippen LogP contribution in [0.5, 0.6) is 0 Å². The van der Waals surface area contributed by atoms with E-state index in [2.05, 4.69) is 20.7 Å². The highest BCUT2D eigenvalue weighted by Gasteiger charge is 2.17. The Balaban J connectivity index is 2.40. The number of halogens is 2. The number of benzene rings is 2. The summed E-state index contributed by atoms with van der Waals surface area (Å²) in [6, 6.07) is 7.85. The van der Waals surface area contributed by atoms with Crippen LogP contribution in [-0.4, -0.2) is 8.42 Å². The number of rotatable bonds is 3. The Morgan fingerprint density at radius 3 is 2.43 bits per heavy atom. The van der Waals surface area contributed by atoms with Crippen molar-refractivity contribution in [2.24, 2.45) is 0 Å². The molecule has 0 unspecified atom stereocenters. The van der Waals surface area contributed by atoms with Crippen molar-refractivity contribution in [2.75, 3.05) is 10.5 Å². The van der Waals surface area contributed by atoms with Gasteiger partial charge in [0.25, 0.3) is 10.0 Å². The summed E-state index contributed by atoms with van der Waals surface area (Å²) in [5.41, 5.74) is 8.41. The molecule has 0 saturated heterocycles. The van der Waals surface area contributed by atoms with E-state index in [4.69, 9.17) is 17.3 Å². The Morgan fingerprint density at radius 1 is 1.19 bits per heavy atom. The molecule has 0 aliphatic heterocycles. The molecule has 0 spiro atoms. The summed E-state index contributed by atoms with van der Waals surface area (Å²) in [6.45, 7) is 3.67. The lowest BCUT2D eigenvalue weighted by Crippen LogP contribution is -2.14. The number of aryl methyl sites for hydroxylation is 1. The van der Waals surface area contributed by atoms with Gasteiger partial charge in [0.05, 0.1) is 15.6 Å². The molecule has 2 aromatic rings. The molecule has 21 heavy (non-hydrogen) atoms. The standard InChI is InChI=1S/C14H14BrClN2O2S/c1-8-5-11(7-14(17)9(8)2)21(19,20)18-10-3-4-13(16)12(15)6-10/h3-7,18H,17H2,1-2H3. The average molecular weight is 390 g/mol. The van der Waals surface area contributed by atoms with Crippen molar-refractivity contribution in [2.45, 2.75) is 18.7 Å². The maximum atomic E-state index is 12.4. The van der Waals surface area contributed by atoms with Crippen LogP contribution in [0.25, 0.3) is 0 Å². The van der Waals surface area contributed by atoms with E-state index in [9.17, 15) is 8.42 Å². The quantitative estimate of drug-likeness (QED) is 0.776. The van der Waals surface area contributed by atoms with Gasteiger partial charge in [0.2, 0.25) is 0 Å². The van der Waals surface area contributed by atoms with Crippen molar-refractivity contribution in [3.8, 4) is 0 Å². The Kier molecular flexibility index (Phi) is 4.51. The number of hydrogen-bond donors (Lipinski definition) is 2. The highest BCUT2D eigenvalue weighted by Crippen LogP contribution is 2.28. The topological polar surface area (TPSA) is 72.2 Å². The van der Waals surface area contributed by atoms with Gasteiger partial charge in [-0.1, -0.05) is 11.6 Å². The Morgan fingerprint density at radius 2 is 1.86 bits per heavy atom. The van der Waals surface area contributed by atoms with Crippen molar-refractivity contribution >= 4 is 48.9 Å². The highest BCUT2D eigenvalue weighted by molar-refractivity contribution is 9.10. The zero-order chi connectivity index (χ0) is 15.8. The summed E-state index contributed by atoms with van der Waals surface area (Å²) in [5.74, 6) is 0. The summed E-state index contributed by atoms with van der Waals surface area (Å²) >= 11 is 9.14. The van der Waals surface area contributed by atoms with E-state index in [1.54, 1.807) is 24.3 Å². The fraction of sp³-hybridized carbons (Fsp3) is 0.143. The smallest absolute Gasteiger partial charge is 0.261 e. The van der Waals surface area contributed by atoms with Gasteiger partial charge in [0, 0.05) is 10.2 Å². The minimum atomic E-state index is -3.70. The zero-order valence-corrected chi connectivity index (χ0v) is 14.6. The number of nitrogens with one attached hydrogen (secondary N) is 1. The van der Waals surface area contributed by atoms with Gasteiger partial charge >= 0.3 is 0 Å². The van der Waals surface area contributed by atoms with E-state index in [1.165, 1.54) is 6.07 Å². The molecule has 0 bridgehead atoms. The van der Waals surface area contributed by atoms with Crippen LogP contribution in [0.2, 0.25) is 5.02 Å². The van der Waals surface area contributed by atoms with E-state index in [0.717, 1.165) is 11.1 Å². The first-order valence-corrected chi connectivity index (χ1v) is 8.71. The first kappa shape index (κ1) is 16.1. The summed E-state index contributed by atoms with van der Waals surface area (Å²) in [4.78, 5) is 0.133. The minimum Gasteiger partial charge on any atom is -0.398 e. The molecular weight excluding hydrogens is 376 g/mol. The summed E-state index contributed by atoms with van der Waals surface area (Å²) in [7, 11) is -3.70. The Hall–Kier alpha value is -1.24. The minimum absolute atomic E-state index is 0.133. The summed E-state index contributed by atoms with van der Waals surface area (Å²) in [6.07, 6.45) is 0. The first-order chi connectivity index (χ1) is 9.70. The molecule has 112 valence electrons. The first-order valence-electron chi connectivity index (χ1n) is 6.05. The second kappa shape index (κ2) is 5.87. The molecule has 7 heteroatoms. The van der Waals surface area contributed by atoms with Crippen LogP contribution in [0, 0.1) is 13.8 Å². The molecule has 0 amide bonds. The van der Waals surface area contributed by atoms with Crippen LogP contribution in [0.3, 0.4) is 0 Å². The summed E-state index contributed by atoms with van der Waals surface area (Å²) < 4.78 is 27.9. The van der Waals surface area contributed by atoms with Crippen molar-refractivity contribution in [1.82, 2.24) is 0 Å². The molecular formula is C14H14BrClN2O2S. The van der Waals surface area contributed by atoms with Crippen molar-refractivity contribution < 1.29 is 8.42 Å². The van der Waals surface area contributed by atoms with Gasteiger partial charge in [0.15, 0.2) is 0 Å². The predicted octanol–water partition coefficient (Wildman–Crippen LogP) is 4.10. The molecule has 0 heterocycles. The lowest BCUT2D eigenvalue weighted by molar-refractivity contribution is 0.601. The molecule has 0 aliphatic rings. The number of anilines is 2. The zero-order valence-electron chi connectivity index (χ0n) is 11.4. The molecule has 0 aliphatic carbocycles. The van der Waals surface area contributed by atoms with Crippen LogP contribution >= 0.6 is 27.5 Å². The average Bonchev–Trinajstić information content (AvgIpc) is 2.39. The van der Waals surface area contributed by atoms with Crippen molar-refractivity contribution in [1.29, 1.82) is 0 Å². The van der Waals surface area contributed by atoms with E-state index >= 15 is 0 Å². The van der Waals surface area contributed by atoms with Gasteiger partial charge in [0.1, 0.15) is 0 Å². The maximum absolute atomic E-state index is 12.4. The third-order valence-corrected chi connectivity index (χ3v) is 5.74. The fourth-order valence-electron chi connectivity index (χ4n) is 1.78. The molecule has 2 rings (SSSR count). The van der Waals surface area contributed by atoms with Gasteiger partial charge in [-0.25, -0.2) is 8.42 Å². The molecule has 4 nitrogen and oxygen atoms in total. The third kappa shape index (κ3) is 3.51. The monoisotopic (exact) mass is 388 g/mol. The number of nitrogen functional groups attached to an aromatic ring is 1. The molecule has 0 fully saturated rings. The van der Waals surface area contributed by atoms with Gasteiger partial charge in [-0.3, -0.25) is 4.72 Å². The second-order valence-corrected chi connectivity index (χ2v) is 7.63. The van der Waals surface area contributed by atoms with E-state index < -0.39 is 10.0 Å². The normalized spacial score (nSPS) is 11.4. The Labute approximate surface area is 137 Å². The molecule has 3 N–H and O–H groups in total. The van der Waals surface area contributed by atoms with Crippen LogP contribution < -0.4 is 10.5 Å². The maximum Gasteiger partial charge on any atom is 0.261 e. The summed E-state index contributed by atoms with van der Waals surface area (Å²) in [5, 5.41) is 0.508. The molecule has 0 saturated carbocycles. The van der Waals surface area contributed by atoms with Crippen molar-refractivity contribution in [3.05, 3.63) is 51.0 Å². The van der Waals surface area contributed by atoms with Gasteiger partial charge < -0.3 is 5.73 Å². The largest absolute Gasteiger partial charge is 0.398 e. The molecule has 2 aromatic carbocycles. The van der Waals surface area contributed by atoms with Crippen molar-refractivity contribution in [3.63, 3.8) is 0 Å². The molecule has 0 aromatic heterocycles. The van der Waals surface area contributed by atoms with Crippen LogP contribution in [-0.2, 0) is 10.0 Å². The number of sulfonamides is 1. The van der Waals surface area contributed by atoms with Gasteiger partial charge in [-0.05, 0) is 71.2 Å². The Bertz CT molecular complexity index is 784. The fourth-order valence-corrected chi connectivity index (χ4v) is 3.45. The second-order valence-electron chi connectivity index (χ2n) is 4.69. The lowest BCUT2D eigenvalue weighted by atomic mass is 10.1. The molecule has 0 radical (unpaired) electrons. The van der Waals surface area contributed by atoms with Gasteiger partial charge in [-0.15, -0.1) is 0 Å². The lowest BCUT2D eigenvalue weighted by Gasteiger charge is -2.12. The SMILES string of the molecule is Cc1cc(S(=O)(=O)Nc2ccc(Cl)c(Br)c2)cc(N)c1C. The van der Waals surface area contributed by atoms with Crippen LogP contribution in [0.1, 0.15) is 11.1 Å². The van der Waals surface area contributed by atoms with Crippen LogP contribution in [0.4, 0.5) is 11.4 Å². The van der Waals surface area contributed by atoms with E-state index in [1.807, 2.05) is 13.8 Å². The van der Waals surface area contributed by atoms with E-state index in [-0.39, 0.29) is 4.90 Å². The predicted molar refractivity (Wildman–Crippen MR) is 90.3 cm³/mol. The highest BCUT2D eigenvalue weighted by atomic mass is 79.9. The van der Waals surface area contributed by atoms with Gasteiger partial charge in [-0.2, -0.15) is 0 Å².